The Kier molecular flexibility index (Phi) is 6.23. The first kappa shape index (κ1) is 18.0. The first-order valence-corrected chi connectivity index (χ1v) is 8.81. The molecule has 21 heavy (non-hydrogen) atoms. The van der Waals surface area contributed by atoms with Crippen LogP contribution in [0.15, 0.2) is 24.3 Å². The number of hydrogen-bond donors (Lipinski definition) is 1. The average molecular weight is 314 g/mol. The molecule has 0 fully saturated rings. The molecule has 0 radical (unpaired) electrons. The van der Waals surface area contributed by atoms with Crippen molar-refractivity contribution < 1.29 is 18.3 Å². The van der Waals surface area contributed by atoms with Crippen LogP contribution >= 0.6 is 0 Å². The summed E-state index contributed by atoms with van der Waals surface area (Å²) in [7, 11) is -1.53. The van der Waals surface area contributed by atoms with Gasteiger partial charge in [-0.05, 0) is 57.2 Å². The molecule has 1 aromatic carbocycles. The monoisotopic (exact) mass is 314 g/mol. The largest absolute Gasteiger partial charge is 0.497 e. The fourth-order valence-electron chi connectivity index (χ4n) is 2.02. The Morgan fingerprint density at radius 2 is 1.95 bits per heavy atom. The minimum atomic E-state index is -3.14. The molecule has 0 aliphatic carbocycles. The maximum atomic E-state index is 12.1. The number of sulfone groups is 1. The van der Waals surface area contributed by atoms with Crippen LogP contribution < -0.4 is 4.74 Å². The molecule has 4 nitrogen and oxygen atoms in total. The molecule has 5 heteroatoms. The summed E-state index contributed by atoms with van der Waals surface area (Å²) in [6.07, 6.45) is 1.11. The van der Waals surface area contributed by atoms with Crippen LogP contribution in [0.25, 0.3) is 0 Å². The van der Waals surface area contributed by atoms with Gasteiger partial charge in [0.25, 0.3) is 0 Å². The van der Waals surface area contributed by atoms with Crippen molar-refractivity contribution in [2.75, 3.05) is 19.5 Å². The predicted octanol–water partition coefficient (Wildman–Crippen LogP) is 2.45. The first-order chi connectivity index (χ1) is 9.69. The van der Waals surface area contributed by atoms with Gasteiger partial charge in [0, 0.05) is 6.61 Å². The lowest BCUT2D eigenvalue weighted by Gasteiger charge is -2.21. The molecular weight excluding hydrogens is 288 g/mol. The summed E-state index contributed by atoms with van der Waals surface area (Å²) in [5.74, 6) is 0.812. The van der Waals surface area contributed by atoms with E-state index in [-0.39, 0.29) is 18.3 Å². The summed E-state index contributed by atoms with van der Waals surface area (Å²) in [6.45, 7) is 5.10. The Balaban J connectivity index is 2.68. The molecule has 0 bridgehead atoms. The van der Waals surface area contributed by atoms with Crippen molar-refractivity contribution in [2.24, 2.45) is 5.92 Å². The maximum absolute atomic E-state index is 12.1. The van der Waals surface area contributed by atoms with E-state index in [9.17, 15) is 13.5 Å². The van der Waals surface area contributed by atoms with Gasteiger partial charge in [0.1, 0.15) is 5.75 Å². The van der Waals surface area contributed by atoms with Gasteiger partial charge < -0.3 is 9.84 Å². The molecule has 0 aromatic heterocycles. The Hall–Kier alpha value is -1.07. The van der Waals surface area contributed by atoms with Crippen LogP contribution in [0.3, 0.4) is 0 Å². The van der Waals surface area contributed by atoms with Gasteiger partial charge >= 0.3 is 0 Å². The SMILES string of the molecule is COc1cccc(CC(CO)CCS(=O)(=O)C(C)(C)C)c1. The summed E-state index contributed by atoms with van der Waals surface area (Å²) >= 11 is 0. The van der Waals surface area contributed by atoms with E-state index in [4.69, 9.17) is 4.74 Å². The lowest BCUT2D eigenvalue weighted by atomic mass is 9.97. The van der Waals surface area contributed by atoms with Crippen LogP contribution in [0.4, 0.5) is 0 Å². The molecule has 1 N–H and O–H groups in total. The zero-order valence-electron chi connectivity index (χ0n) is 13.3. The second kappa shape index (κ2) is 7.27. The van der Waals surface area contributed by atoms with Crippen LogP contribution in [0.5, 0.6) is 5.75 Å². The molecule has 0 aliphatic rings. The van der Waals surface area contributed by atoms with E-state index in [2.05, 4.69) is 0 Å². The van der Waals surface area contributed by atoms with Crippen LogP contribution in [0, 0.1) is 5.92 Å². The van der Waals surface area contributed by atoms with Crippen molar-refractivity contribution in [3.63, 3.8) is 0 Å². The number of benzene rings is 1. The second-order valence-electron chi connectivity index (χ2n) is 6.32. The number of ether oxygens (including phenoxy) is 1. The number of methoxy groups -OCH3 is 1. The molecule has 120 valence electrons. The average Bonchev–Trinajstić information content (AvgIpc) is 2.42. The zero-order valence-corrected chi connectivity index (χ0v) is 14.1. The van der Waals surface area contributed by atoms with E-state index in [1.54, 1.807) is 27.9 Å². The summed E-state index contributed by atoms with van der Waals surface area (Å²) in [6, 6.07) is 7.64. The van der Waals surface area contributed by atoms with Crippen molar-refractivity contribution in [3.05, 3.63) is 29.8 Å². The summed E-state index contributed by atoms with van der Waals surface area (Å²) in [5.41, 5.74) is 1.04. The van der Waals surface area contributed by atoms with E-state index in [1.165, 1.54) is 0 Å². The van der Waals surface area contributed by atoms with E-state index in [0.717, 1.165) is 11.3 Å². The Bertz CT molecular complexity index is 544. The highest BCUT2D eigenvalue weighted by molar-refractivity contribution is 7.92. The fourth-order valence-corrected chi connectivity index (χ4v) is 3.27. The third-order valence-electron chi connectivity index (χ3n) is 3.64. The minimum absolute atomic E-state index is 0.0170. The van der Waals surface area contributed by atoms with E-state index < -0.39 is 14.6 Å². The summed E-state index contributed by atoms with van der Waals surface area (Å²) in [5, 5.41) is 9.49. The van der Waals surface area contributed by atoms with E-state index in [1.807, 2.05) is 24.3 Å². The van der Waals surface area contributed by atoms with Gasteiger partial charge in [0.05, 0.1) is 17.6 Å². The predicted molar refractivity (Wildman–Crippen MR) is 85.4 cm³/mol. The molecule has 0 amide bonds. The molecule has 1 rings (SSSR count). The van der Waals surface area contributed by atoms with E-state index in [0.29, 0.717) is 12.8 Å². The first-order valence-electron chi connectivity index (χ1n) is 7.15. The Labute approximate surface area is 128 Å². The fraction of sp³-hybridized carbons (Fsp3) is 0.625. The highest BCUT2D eigenvalue weighted by Gasteiger charge is 2.29. The van der Waals surface area contributed by atoms with Gasteiger partial charge in [-0.1, -0.05) is 12.1 Å². The molecule has 1 aromatic rings. The lowest BCUT2D eigenvalue weighted by Crippen LogP contribution is -2.31. The van der Waals surface area contributed by atoms with Gasteiger partial charge in [0.2, 0.25) is 0 Å². The summed E-state index contributed by atoms with van der Waals surface area (Å²) < 4.78 is 28.7. The highest BCUT2D eigenvalue weighted by Crippen LogP contribution is 2.21. The molecule has 0 saturated carbocycles. The van der Waals surface area contributed by atoms with Crippen LogP contribution in [0.2, 0.25) is 0 Å². The number of rotatable bonds is 7. The van der Waals surface area contributed by atoms with Gasteiger partial charge in [0.15, 0.2) is 9.84 Å². The highest BCUT2D eigenvalue weighted by atomic mass is 32.2. The second-order valence-corrected chi connectivity index (χ2v) is 9.19. The minimum Gasteiger partial charge on any atom is -0.497 e. The topological polar surface area (TPSA) is 63.6 Å². The third kappa shape index (κ3) is 5.32. The molecule has 0 spiro atoms. The molecule has 0 aliphatic heterocycles. The van der Waals surface area contributed by atoms with E-state index >= 15 is 0 Å². The van der Waals surface area contributed by atoms with Crippen molar-refractivity contribution in [2.45, 2.75) is 38.4 Å². The number of hydrogen-bond acceptors (Lipinski definition) is 4. The third-order valence-corrected chi connectivity index (χ3v) is 6.28. The van der Waals surface area contributed by atoms with Gasteiger partial charge in [-0.3, -0.25) is 0 Å². The lowest BCUT2D eigenvalue weighted by molar-refractivity contribution is 0.222. The van der Waals surface area contributed by atoms with Crippen LogP contribution in [-0.4, -0.2) is 37.7 Å². The van der Waals surface area contributed by atoms with Crippen LogP contribution in [-0.2, 0) is 16.3 Å². The smallest absolute Gasteiger partial charge is 0.155 e. The van der Waals surface area contributed by atoms with Crippen molar-refractivity contribution in [1.29, 1.82) is 0 Å². The van der Waals surface area contributed by atoms with Gasteiger partial charge in [-0.25, -0.2) is 8.42 Å². The quantitative estimate of drug-likeness (QED) is 0.839. The maximum Gasteiger partial charge on any atom is 0.155 e. The molecule has 0 saturated heterocycles. The normalized spacial score (nSPS) is 14.0. The summed E-state index contributed by atoms with van der Waals surface area (Å²) in [4.78, 5) is 0. The molecule has 1 atom stereocenters. The Morgan fingerprint density at radius 1 is 1.29 bits per heavy atom. The number of aliphatic hydroxyl groups excluding tert-OH is 1. The van der Waals surface area contributed by atoms with Crippen molar-refractivity contribution >= 4 is 9.84 Å². The molecular formula is C16H26O4S. The van der Waals surface area contributed by atoms with Crippen molar-refractivity contribution in [3.8, 4) is 5.75 Å². The van der Waals surface area contributed by atoms with Crippen LogP contribution in [0.1, 0.15) is 32.8 Å². The number of aliphatic hydroxyl groups is 1. The van der Waals surface area contributed by atoms with Gasteiger partial charge in [-0.15, -0.1) is 0 Å². The van der Waals surface area contributed by atoms with Crippen molar-refractivity contribution in [1.82, 2.24) is 0 Å². The molecule has 0 heterocycles. The molecule has 1 unspecified atom stereocenters. The Morgan fingerprint density at radius 3 is 2.48 bits per heavy atom. The standard InChI is InChI=1S/C16H26O4S/c1-16(2,3)21(18,19)9-8-14(12-17)10-13-6-5-7-15(11-13)20-4/h5-7,11,14,17H,8-10,12H2,1-4H3. The van der Waals surface area contributed by atoms with Gasteiger partial charge in [-0.2, -0.15) is 0 Å². The zero-order chi connectivity index (χ0) is 16.1.